The molecule has 1 aliphatic heterocycles. The van der Waals surface area contributed by atoms with Crippen LogP contribution in [0.25, 0.3) is 0 Å². The van der Waals surface area contributed by atoms with E-state index in [1.165, 1.54) is 0 Å². The van der Waals surface area contributed by atoms with Crippen LogP contribution < -0.4 is 0 Å². The molecule has 92 valence electrons. The van der Waals surface area contributed by atoms with Crippen molar-refractivity contribution in [2.24, 2.45) is 0 Å². The maximum Gasteiger partial charge on any atom is 0.306 e. The normalized spacial score (nSPS) is 17.3. The molecule has 0 bridgehead atoms. The van der Waals surface area contributed by atoms with Crippen molar-refractivity contribution in [3.63, 3.8) is 0 Å². The van der Waals surface area contributed by atoms with Gasteiger partial charge in [0.15, 0.2) is 0 Å². The lowest BCUT2D eigenvalue weighted by Gasteiger charge is -2.41. The Hall–Kier alpha value is -1.06. The van der Waals surface area contributed by atoms with Gasteiger partial charge in [-0.15, -0.1) is 0 Å². The molecule has 0 aromatic heterocycles. The zero-order valence-electron chi connectivity index (χ0n) is 9.74. The van der Waals surface area contributed by atoms with Gasteiger partial charge in [-0.25, -0.2) is 0 Å². The summed E-state index contributed by atoms with van der Waals surface area (Å²) in [6, 6.07) is 7.57. The molecule has 1 saturated heterocycles. The van der Waals surface area contributed by atoms with Crippen LogP contribution in [0, 0.1) is 0 Å². The fraction of sp³-hybridized carbons (Fsp3) is 0.462. The van der Waals surface area contributed by atoms with Crippen molar-refractivity contribution in [1.29, 1.82) is 0 Å². The lowest BCUT2D eigenvalue weighted by Crippen LogP contribution is -2.48. The van der Waals surface area contributed by atoms with E-state index in [1.54, 1.807) is 0 Å². The fourth-order valence-corrected chi connectivity index (χ4v) is 2.14. The molecule has 1 aromatic carbocycles. The molecule has 0 amide bonds. The number of halogens is 1. The average Bonchev–Trinajstić information content (AvgIpc) is 2.25. The van der Waals surface area contributed by atoms with Crippen molar-refractivity contribution in [2.45, 2.75) is 18.8 Å². The molecule has 0 radical (unpaired) electrons. The fourth-order valence-electron chi connectivity index (χ4n) is 2.01. The number of carbonyl (C=O) groups excluding carboxylic acids is 1. The highest BCUT2D eigenvalue weighted by Crippen LogP contribution is 2.36. The summed E-state index contributed by atoms with van der Waals surface area (Å²) < 4.78 is 10.3. The van der Waals surface area contributed by atoms with Crippen molar-refractivity contribution in [3.05, 3.63) is 34.9 Å². The first-order valence-electron chi connectivity index (χ1n) is 5.66. The molecule has 1 aromatic rings. The summed E-state index contributed by atoms with van der Waals surface area (Å²) in [6.07, 6.45) is 0.364. The minimum Gasteiger partial charge on any atom is -0.466 e. The summed E-state index contributed by atoms with van der Waals surface area (Å²) in [7, 11) is 0. The Balaban J connectivity index is 2.14. The lowest BCUT2D eigenvalue weighted by molar-refractivity contribution is -0.151. The highest BCUT2D eigenvalue weighted by molar-refractivity contribution is 6.30. The van der Waals surface area contributed by atoms with Gasteiger partial charge in [-0.05, 0) is 24.6 Å². The smallest absolute Gasteiger partial charge is 0.306 e. The monoisotopic (exact) mass is 254 g/mol. The molecular formula is C13H15ClO3. The van der Waals surface area contributed by atoms with Crippen LogP contribution in [-0.4, -0.2) is 25.8 Å². The summed E-state index contributed by atoms with van der Waals surface area (Å²) in [5, 5.41) is 0.695. The largest absolute Gasteiger partial charge is 0.466 e. The Labute approximate surface area is 106 Å². The van der Waals surface area contributed by atoms with Crippen LogP contribution in [-0.2, 0) is 19.7 Å². The van der Waals surface area contributed by atoms with E-state index in [2.05, 4.69) is 0 Å². The molecular weight excluding hydrogens is 240 g/mol. The standard InChI is InChI=1S/C13H15ClO3/c1-2-17-12(15)7-13(8-16-9-13)10-3-5-11(14)6-4-10/h3-6H,2,7-9H2,1H3. The van der Waals surface area contributed by atoms with E-state index in [4.69, 9.17) is 21.1 Å². The third kappa shape index (κ3) is 2.61. The molecule has 0 N–H and O–H groups in total. The maximum atomic E-state index is 11.6. The quantitative estimate of drug-likeness (QED) is 0.775. The number of carbonyl (C=O) groups is 1. The van der Waals surface area contributed by atoms with Gasteiger partial charge in [0.25, 0.3) is 0 Å². The molecule has 1 aliphatic rings. The number of rotatable bonds is 4. The van der Waals surface area contributed by atoms with Crippen molar-refractivity contribution in [1.82, 2.24) is 0 Å². The molecule has 1 fully saturated rings. The van der Waals surface area contributed by atoms with Crippen LogP contribution >= 0.6 is 11.6 Å². The van der Waals surface area contributed by atoms with Gasteiger partial charge in [0.05, 0.1) is 31.7 Å². The predicted octanol–water partition coefficient (Wildman–Crippen LogP) is 2.56. The van der Waals surface area contributed by atoms with Gasteiger partial charge in [-0.1, -0.05) is 23.7 Å². The first-order valence-corrected chi connectivity index (χ1v) is 6.03. The minimum atomic E-state index is -0.225. The molecule has 0 saturated carbocycles. The van der Waals surface area contributed by atoms with Gasteiger partial charge in [-0.3, -0.25) is 4.79 Å². The first kappa shape index (κ1) is 12.4. The topological polar surface area (TPSA) is 35.5 Å². The van der Waals surface area contributed by atoms with Gasteiger partial charge >= 0.3 is 5.97 Å². The number of benzene rings is 1. The van der Waals surface area contributed by atoms with Crippen molar-refractivity contribution >= 4 is 17.6 Å². The average molecular weight is 255 g/mol. The van der Waals surface area contributed by atoms with Gasteiger partial charge in [0.1, 0.15) is 0 Å². The zero-order chi connectivity index (χ0) is 12.3. The molecule has 3 nitrogen and oxygen atoms in total. The van der Waals surface area contributed by atoms with E-state index in [0.29, 0.717) is 31.3 Å². The summed E-state index contributed by atoms with van der Waals surface area (Å²) in [5.74, 6) is -0.175. The number of ether oxygens (including phenoxy) is 2. The predicted molar refractivity (Wildman–Crippen MR) is 65.2 cm³/mol. The van der Waals surface area contributed by atoms with Gasteiger partial charge in [-0.2, -0.15) is 0 Å². The Morgan fingerprint density at radius 3 is 2.53 bits per heavy atom. The van der Waals surface area contributed by atoms with Crippen LogP contribution in [0.1, 0.15) is 18.9 Å². The Morgan fingerprint density at radius 2 is 2.06 bits per heavy atom. The van der Waals surface area contributed by atoms with Crippen molar-refractivity contribution in [2.75, 3.05) is 19.8 Å². The summed E-state index contributed by atoms with van der Waals surface area (Å²) in [5.41, 5.74) is 0.859. The van der Waals surface area contributed by atoms with Crippen LogP contribution in [0.3, 0.4) is 0 Å². The van der Waals surface area contributed by atoms with Crippen LogP contribution in [0.4, 0.5) is 0 Å². The molecule has 0 atom stereocenters. The highest BCUT2D eigenvalue weighted by Gasteiger charge is 2.42. The van der Waals surface area contributed by atoms with Crippen LogP contribution in [0.15, 0.2) is 24.3 Å². The van der Waals surface area contributed by atoms with Gasteiger partial charge < -0.3 is 9.47 Å². The summed E-state index contributed by atoms with van der Waals surface area (Å²) in [4.78, 5) is 11.6. The van der Waals surface area contributed by atoms with Crippen LogP contribution in [0.2, 0.25) is 5.02 Å². The molecule has 17 heavy (non-hydrogen) atoms. The van der Waals surface area contributed by atoms with Gasteiger partial charge in [0.2, 0.25) is 0 Å². The van der Waals surface area contributed by atoms with Gasteiger partial charge in [0, 0.05) is 5.02 Å². The van der Waals surface area contributed by atoms with Crippen molar-refractivity contribution in [3.8, 4) is 0 Å². The number of esters is 1. The third-order valence-electron chi connectivity index (χ3n) is 3.00. The lowest BCUT2D eigenvalue weighted by atomic mass is 9.76. The molecule has 0 spiro atoms. The SMILES string of the molecule is CCOC(=O)CC1(c2ccc(Cl)cc2)COC1. The van der Waals surface area contributed by atoms with E-state index in [0.717, 1.165) is 5.56 Å². The summed E-state index contributed by atoms with van der Waals surface area (Å²) in [6.45, 7) is 3.35. The number of hydrogen-bond acceptors (Lipinski definition) is 3. The van der Waals surface area contributed by atoms with E-state index in [-0.39, 0.29) is 11.4 Å². The molecule has 0 aliphatic carbocycles. The second-order valence-electron chi connectivity index (χ2n) is 4.26. The molecule has 0 unspecified atom stereocenters. The van der Waals surface area contributed by atoms with Crippen LogP contribution in [0.5, 0.6) is 0 Å². The minimum absolute atomic E-state index is 0.175. The zero-order valence-corrected chi connectivity index (χ0v) is 10.5. The molecule has 1 heterocycles. The summed E-state index contributed by atoms with van der Waals surface area (Å²) >= 11 is 5.86. The van der Waals surface area contributed by atoms with E-state index >= 15 is 0 Å². The maximum absolute atomic E-state index is 11.6. The first-order chi connectivity index (χ1) is 8.16. The second-order valence-corrected chi connectivity index (χ2v) is 4.70. The molecule has 4 heteroatoms. The Morgan fingerprint density at radius 1 is 1.41 bits per heavy atom. The van der Waals surface area contributed by atoms with E-state index in [9.17, 15) is 4.79 Å². The Bertz CT molecular complexity index is 396. The second kappa shape index (κ2) is 5.07. The Kier molecular flexibility index (Phi) is 3.69. The van der Waals surface area contributed by atoms with E-state index in [1.807, 2.05) is 31.2 Å². The highest BCUT2D eigenvalue weighted by atomic mass is 35.5. The number of hydrogen-bond donors (Lipinski definition) is 0. The third-order valence-corrected chi connectivity index (χ3v) is 3.25. The van der Waals surface area contributed by atoms with E-state index < -0.39 is 0 Å². The molecule has 2 rings (SSSR count). The van der Waals surface area contributed by atoms with Crippen molar-refractivity contribution < 1.29 is 14.3 Å².